The van der Waals surface area contributed by atoms with Crippen molar-refractivity contribution in [2.45, 2.75) is 19.3 Å². The molecular formula is C15H21N3. The molecule has 1 aliphatic carbocycles. The molecule has 1 aromatic heterocycles. The van der Waals surface area contributed by atoms with E-state index in [1.165, 1.54) is 35.9 Å². The van der Waals surface area contributed by atoms with Crippen molar-refractivity contribution in [3.8, 4) is 0 Å². The van der Waals surface area contributed by atoms with E-state index in [1.807, 2.05) is 0 Å². The standard InChI is InChI=1S/C15H21N3/c1-18-9-13(12-5-2-3-6-14(12)18)17-11-15(10-16)7-4-8-15/h2-3,5-6,9,17H,4,7-8,10-11,16H2,1H3. The number of nitrogens with one attached hydrogen (secondary N) is 1. The van der Waals surface area contributed by atoms with Crippen LogP contribution in [0, 0.1) is 5.41 Å². The third-order valence-corrected chi connectivity index (χ3v) is 4.40. The normalized spacial score (nSPS) is 17.7. The molecule has 1 heterocycles. The van der Waals surface area contributed by atoms with E-state index in [9.17, 15) is 0 Å². The van der Waals surface area contributed by atoms with Crippen LogP contribution in [0.1, 0.15) is 19.3 Å². The zero-order valence-electron chi connectivity index (χ0n) is 10.9. The molecule has 3 nitrogen and oxygen atoms in total. The van der Waals surface area contributed by atoms with Crippen molar-refractivity contribution in [3.63, 3.8) is 0 Å². The first-order valence-electron chi connectivity index (χ1n) is 6.72. The molecule has 0 atom stereocenters. The number of benzene rings is 1. The summed E-state index contributed by atoms with van der Waals surface area (Å²) in [4.78, 5) is 0. The molecular weight excluding hydrogens is 222 g/mol. The molecule has 0 spiro atoms. The number of nitrogens with two attached hydrogens (primary N) is 1. The van der Waals surface area contributed by atoms with Crippen LogP contribution in [-0.2, 0) is 7.05 Å². The molecule has 0 radical (unpaired) electrons. The van der Waals surface area contributed by atoms with Gasteiger partial charge in [-0.3, -0.25) is 0 Å². The average molecular weight is 243 g/mol. The lowest BCUT2D eigenvalue weighted by molar-refractivity contribution is 0.163. The van der Waals surface area contributed by atoms with Crippen molar-refractivity contribution < 1.29 is 0 Å². The molecule has 0 saturated heterocycles. The Morgan fingerprint density at radius 2 is 2.11 bits per heavy atom. The summed E-state index contributed by atoms with van der Waals surface area (Å²) in [5.74, 6) is 0. The highest BCUT2D eigenvalue weighted by Crippen LogP contribution is 2.40. The smallest absolute Gasteiger partial charge is 0.0600 e. The molecule has 3 N–H and O–H groups in total. The minimum atomic E-state index is 0.344. The van der Waals surface area contributed by atoms with Crippen LogP contribution in [0.3, 0.4) is 0 Å². The number of hydrogen-bond acceptors (Lipinski definition) is 2. The number of aryl methyl sites for hydroxylation is 1. The zero-order valence-corrected chi connectivity index (χ0v) is 10.9. The predicted octanol–water partition coefficient (Wildman–Crippen LogP) is 2.72. The Balaban J connectivity index is 1.82. The number of anilines is 1. The third-order valence-electron chi connectivity index (χ3n) is 4.40. The second-order valence-corrected chi connectivity index (χ2v) is 5.58. The van der Waals surface area contributed by atoms with Gasteiger partial charge in [-0.15, -0.1) is 0 Å². The fourth-order valence-corrected chi connectivity index (χ4v) is 2.90. The van der Waals surface area contributed by atoms with Gasteiger partial charge in [0, 0.05) is 30.7 Å². The number of nitrogens with zero attached hydrogens (tertiary/aromatic N) is 1. The number of fused-ring (bicyclic) bond motifs is 1. The van der Waals surface area contributed by atoms with Gasteiger partial charge in [-0.2, -0.15) is 0 Å². The summed E-state index contributed by atoms with van der Waals surface area (Å²) >= 11 is 0. The summed E-state index contributed by atoms with van der Waals surface area (Å²) in [7, 11) is 2.09. The van der Waals surface area contributed by atoms with Gasteiger partial charge in [0.2, 0.25) is 0 Å². The minimum absolute atomic E-state index is 0.344. The van der Waals surface area contributed by atoms with Gasteiger partial charge in [-0.1, -0.05) is 24.6 Å². The fraction of sp³-hybridized carbons (Fsp3) is 0.467. The monoisotopic (exact) mass is 243 g/mol. The first kappa shape index (κ1) is 11.6. The average Bonchev–Trinajstić information content (AvgIpc) is 2.67. The van der Waals surface area contributed by atoms with Gasteiger partial charge in [0.1, 0.15) is 0 Å². The van der Waals surface area contributed by atoms with Crippen LogP contribution in [0.4, 0.5) is 5.69 Å². The topological polar surface area (TPSA) is 43.0 Å². The van der Waals surface area contributed by atoms with Crippen LogP contribution in [0.15, 0.2) is 30.5 Å². The van der Waals surface area contributed by atoms with Crippen LogP contribution in [0.5, 0.6) is 0 Å². The molecule has 1 saturated carbocycles. The first-order chi connectivity index (χ1) is 8.74. The highest BCUT2D eigenvalue weighted by atomic mass is 15.0. The van der Waals surface area contributed by atoms with Crippen molar-refractivity contribution in [2.24, 2.45) is 18.2 Å². The van der Waals surface area contributed by atoms with Crippen molar-refractivity contribution in [2.75, 3.05) is 18.4 Å². The van der Waals surface area contributed by atoms with Gasteiger partial charge < -0.3 is 15.6 Å². The lowest BCUT2D eigenvalue weighted by atomic mass is 9.69. The first-order valence-corrected chi connectivity index (χ1v) is 6.72. The Hall–Kier alpha value is -1.48. The van der Waals surface area contributed by atoms with Crippen LogP contribution in [0.25, 0.3) is 10.9 Å². The van der Waals surface area contributed by atoms with Crippen LogP contribution in [0.2, 0.25) is 0 Å². The molecule has 2 aromatic rings. The van der Waals surface area contributed by atoms with E-state index in [-0.39, 0.29) is 0 Å². The maximum absolute atomic E-state index is 5.91. The molecule has 0 amide bonds. The highest BCUT2D eigenvalue weighted by Gasteiger charge is 2.35. The molecule has 18 heavy (non-hydrogen) atoms. The Labute approximate surface area is 108 Å². The predicted molar refractivity (Wildman–Crippen MR) is 76.7 cm³/mol. The summed E-state index contributed by atoms with van der Waals surface area (Å²) in [6.45, 7) is 1.79. The Bertz CT molecular complexity index is 546. The van der Waals surface area contributed by atoms with Gasteiger partial charge in [0.25, 0.3) is 0 Å². The highest BCUT2D eigenvalue weighted by molar-refractivity contribution is 5.92. The lowest BCUT2D eigenvalue weighted by Gasteiger charge is -2.41. The fourth-order valence-electron chi connectivity index (χ4n) is 2.90. The van der Waals surface area contributed by atoms with E-state index in [0.717, 1.165) is 13.1 Å². The number of aromatic nitrogens is 1. The van der Waals surface area contributed by atoms with E-state index in [0.29, 0.717) is 5.41 Å². The van der Waals surface area contributed by atoms with Gasteiger partial charge in [-0.25, -0.2) is 0 Å². The maximum Gasteiger partial charge on any atom is 0.0600 e. The van der Waals surface area contributed by atoms with Crippen LogP contribution < -0.4 is 11.1 Å². The maximum atomic E-state index is 5.91. The van der Waals surface area contributed by atoms with Crippen LogP contribution in [-0.4, -0.2) is 17.7 Å². The zero-order chi connectivity index (χ0) is 12.6. The summed E-state index contributed by atoms with van der Waals surface area (Å²) in [5.41, 5.74) is 8.75. The number of hydrogen-bond donors (Lipinski definition) is 2. The second kappa shape index (κ2) is 4.32. The van der Waals surface area contributed by atoms with E-state index < -0.39 is 0 Å². The van der Waals surface area contributed by atoms with Gasteiger partial charge >= 0.3 is 0 Å². The van der Waals surface area contributed by atoms with E-state index in [4.69, 9.17) is 5.73 Å². The lowest BCUT2D eigenvalue weighted by Crippen LogP contribution is -2.42. The SMILES string of the molecule is Cn1cc(NCC2(CN)CCC2)c2ccccc21. The van der Waals surface area contributed by atoms with Crippen molar-refractivity contribution >= 4 is 16.6 Å². The summed E-state index contributed by atoms with van der Waals surface area (Å²) < 4.78 is 2.17. The molecule has 1 aromatic carbocycles. The molecule has 0 bridgehead atoms. The van der Waals surface area contributed by atoms with E-state index >= 15 is 0 Å². The second-order valence-electron chi connectivity index (χ2n) is 5.58. The van der Waals surface area contributed by atoms with E-state index in [2.05, 4.69) is 47.4 Å². The molecule has 3 heteroatoms. The van der Waals surface area contributed by atoms with Gasteiger partial charge in [-0.05, 0) is 30.9 Å². The summed E-state index contributed by atoms with van der Waals surface area (Å²) in [5, 5.41) is 4.90. The third kappa shape index (κ3) is 1.79. The number of para-hydroxylation sites is 1. The largest absolute Gasteiger partial charge is 0.383 e. The molecule has 3 rings (SSSR count). The Morgan fingerprint density at radius 3 is 2.78 bits per heavy atom. The van der Waals surface area contributed by atoms with Crippen molar-refractivity contribution in [1.82, 2.24) is 4.57 Å². The summed E-state index contributed by atoms with van der Waals surface area (Å²) in [6.07, 6.45) is 6.03. The van der Waals surface area contributed by atoms with E-state index in [1.54, 1.807) is 0 Å². The molecule has 0 aliphatic heterocycles. The van der Waals surface area contributed by atoms with Gasteiger partial charge in [0.05, 0.1) is 5.69 Å². The minimum Gasteiger partial charge on any atom is -0.383 e. The summed E-state index contributed by atoms with van der Waals surface area (Å²) in [6, 6.07) is 8.51. The molecule has 96 valence electrons. The molecule has 1 fully saturated rings. The van der Waals surface area contributed by atoms with Crippen molar-refractivity contribution in [1.29, 1.82) is 0 Å². The van der Waals surface area contributed by atoms with Crippen LogP contribution >= 0.6 is 0 Å². The molecule has 0 unspecified atom stereocenters. The Morgan fingerprint density at radius 1 is 1.33 bits per heavy atom. The Kier molecular flexibility index (Phi) is 2.78. The number of rotatable bonds is 4. The van der Waals surface area contributed by atoms with Gasteiger partial charge in [0.15, 0.2) is 0 Å². The van der Waals surface area contributed by atoms with Crippen molar-refractivity contribution in [3.05, 3.63) is 30.5 Å². The quantitative estimate of drug-likeness (QED) is 0.867. The molecule has 1 aliphatic rings.